The zero-order chi connectivity index (χ0) is 18.8. The van der Waals surface area contributed by atoms with Crippen molar-refractivity contribution >= 4 is 12.0 Å². The second-order valence-corrected chi connectivity index (χ2v) is 5.83. The first-order chi connectivity index (χ1) is 12.6. The Kier molecular flexibility index (Phi) is 7.64. The number of carbonyl (C=O) groups is 2. The quantitative estimate of drug-likeness (QED) is 0.789. The molecule has 0 heterocycles. The van der Waals surface area contributed by atoms with Gasteiger partial charge in [-0.1, -0.05) is 60.7 Å². The SMILES string of the molecule is COCC(C(=O)NCc1ccccc1)N(C)C(=O)OCc1ccccc1. The van der Waals surface area contributed by atoms with Gasteiger partial charge in [0.25, 0.3) is 0 Å². The highest BCUT2D eigenvalue weighted by Gasteiger charge is 2.27. The summed E-state index contributed by atoms with van der Waals surface area (Å²) in [6.45, 7) is 0.611. The fourth-order valence-corrected chi connectivity index (χ4v) is 2.37. The highest BCUT2D eigenvalue weighted by Crippen LogP contribution is 2.06. The zero-order valence-electron chi connectivity index (χ0n) is 15.1. The topological polar surface area (TPSA) is 67.9 Å². The molecule has 0 aliphatic rings. The van der Waals surface area contributed by atoms with Crippen LogP contribution < -0.4 is 5.32 Å². The molecule has 138 valence electrons. The molecule has 1 unspecified atom stereocenters. The molecule has 0 bridgehead atoms. The number of amides is 2. The smallest absolute Gasteiger partial charge is 0.410 e. The lowest BCUT2D eigenvalue weighted by Crippen LogP contribution is -2.50. The van der Waals surface area contributed by atoms with Crippen LogP contribution in [0.4, 0.5) is 4.79 Å². The Morgan fingerprint density at radius 3 is 2.15 bits per heavy atom. The number of methoxy groups -OCH3 is 1. The maximum Gasteiger partial charge on any atom is 0.410 e. The summed E-state index contributed by atoms with van der Waals surface area (Å²) in [4.78, 5) is 26.0. The fourth-order valence-electron chi connectivity index (χ4n) is 2.37. The van der Waals surface area contributed by atoms with Gasteiger partial charge in [-0.25, -0.2) is 4.79 Å². The molecule has 6 heteroatoms. The van der Waals surface area contributed by atoms with Gasteiger partial charge >= 0.3 is 6.09 Å². The second-order valence-electron chi connectivity index (χ2n) is 5.83. The van der Waals surface area contributed by atoms with E-state index in [1.165, 1.54) is 19.1 Å². The molecule has 1 N–H and O–H groups in total. The van der Waals surface area contributed by atoms with Gasteiger partial charge in [0, 0.05) is 20.7 Å². The Hall–Kier alpha value is -2.86. The van der Waals surface area contributed by atoms with E-state index in [2.05, 4.69) is 5.32 Å². The Balaban J connectivity index is 1.91. The molecule has 2 amide bonds. The third-order valence-electron chi connectivity index (χ3n) is 3.90. The van der Waals surface area contributed by atoms with Gasteiger partial charge in [-0.3, -0.25) is 9.69 Å². The van der Waals surface area contributed by atoms with E-state index in [0.29, 0.717) is 6.54 Å². The summed E-state index contributed by atoms with van der Waals surface area (Å²) in [5, 5.41) is 2.83. The number of ether oxygens (including phenoxy) is 2. The molecule has 1 atom stereocenters. The minimum absolute atomic E-state index is 0.0809. The zero-order valence-corrected chi connectivity index (χ0v) is 15.1. The molecule has 0 saturated carbocycles. The molecule has 2 aromatic rings. The van der Waals surface area contributed by atoms with Gasteiger partial charge in [0.1, 0.15) is 12.6 Å². The normalized spacial score (nSPS) is 11.5. The predicted molar refractivity (Wildman–Crippen MR) is 98.3 cm³/mol. The molecule has 2 rings (SSSR count). The van der Waals surface area contributed by atoms with Crippen molar-refractivity contribution < 1.29 is 19.1 Å². The van der Waals surface area contributed by atoms with E-state index < -0.39 is 12.1 Å². The lowest BCUT2D eigenvalue weighted by Gasteiger charge is -2.26. The van der Waals surface area contributed by atoms with Crippen LogP contribution in [0.1, 0.15) is 11.1 Å². The molecule has 0 aliphatic carbocycles. The van der Waals surface area contributed by atoms with E-state index in [0.717, 1.165) is 11.1 Å². The highest BCUT2D eigenvalue weighted by atomic mass is 16.6. The van der Waals surface area contributed by atoms with Gasteiger partial charge in [0.15, 0.2) is 0 Å². The second kappa shape index (κ2) is 10.2. The predicted octanol–water partition coefficient (Wildman–Crippen LogP) is 2.59. The Labute approximate surface area is 153 Å². The summed E-state index contributed by atoms with van der Waals surface area (Å²) in [5.74, 6) is -0.296. The third-order valence-corrected chi connectivity index (χ3v) is 3.90. The van der Waals surface area contributed by atoms with Gasteiger partial charge < -0.3 is 14.8 Å². The van der Waals surface area contributed by atoms with Crippen LogP contribution in [0.3, 0.4) is 0 Å². The van der Waals surface area contributed by atoms with Crippen LogP contribution >= 0.6 is 0 Å². The number of benzene rings is 2. The highest BCUT2D eigenvalue weighted by molar-refractivity contribution is 5.85. The van der Waals surface area contributed by atoms with Crippen LogP contribution in [0.15, 0.2) is 60.7 Å². The molecule has 26 heavy (non-hydrogen) atoms. The van der Waals surface area contributed by atoms with Crippen LogP contribution in [0.2, 0.25) is 0 Å². The molecular weight excluding hydrogens is 332 g/mol. The maximum absolute atomic E-state index is 12.5. The van der Waals surface area contributed by atoms with Crippen molar-refractivity contribution in [3.63, 3.8) is 0 Å². The molecular formula is C20H24N2O4. The Morgan fingerprint density at radius 1 is 1.00 bits per heavy atom. The van der Waals surface area contributed by atoms with Gasteiger partial charge in [-0.2, -0.15) is 0 Å². The standard InChI is InChI=1S/C20H24N2O4/c1-22(20(24)26-14-17-11-7-4-8-12-17)18(15-25-2)19(23)21-13-16-9-5-3-6-10-16/h3-12,18H,13-15H2,1-2H3,(H,21,23). The van der Waals surface area contributed by atoms with Crippen molar-refractivity contribution in [2.24, 2.45) is 0 Å². The van der Waals surface area contributed by atoms with Crippen molar-refractivity contribution in [1.82, 2.24) is 10.2 Å². The van der Waals surface area contributed by atoms with Crippen molar-refractivity contribution in [2.45, 2.75) is 19.2 Å². The Bertz CT molecular complexity index is 691. The van der Waals surface area contributed by atoms with Crippen molar-refractivity contribution in [3.8, 4) is 0 Å². The molecule has 6 nitrogen and oxygen atoms in total. The largest absolute Gasteiger partial charge is 0.445 e. The minimum Gasteiger partial charge on any atom is -0.445 e. The van der Waals surface area contributed by atoms with Crippen LogP contribution in [0, 0.1) is 0 Å². The molecule has 0 radical (unpaired) electrons. The lowest BCUT2D eigenvalue weighted by atomic mass is 10.2. The first kappa shape index (κ1) is 19.5. The average Bonchev–Trinajstić information content (AvgIpc) is 2.69. The first-order valence-corrected chi connectivity index (χ1v) is 8.36. The van der Waals surface area contributed by atoms with Crippen LogP contribution in [-0.2, 0) is 27.4 Å². The number of carbonyl (C=O) groups excluding carboxylic acids is 2. The van der Waals surface area contributed by atoms with Gasteiger partial charge in [0.05, 0.1) is 6.61 Å². The summed E-state index contributed by atoms with van der Waals surface area (Å²) >= 11 is 0. The van der Waals surface area contributed by atoms with Crippen molar-refractivity contribution in [1.29, 1.82) is 0 Å². The fraction of sp³-hybridized carbons (Fsp3) is 0.300. The minimum atomic E-state index is -0.771. The molecule has 0 aromatic heterocycles. The number of likely N-dealkylation sites (N-methyl/N-ethyl adjacent to an activating group) is 1. The summed E-state index contributed by atoms with van der Waals surface area (Å²) in [6.07, 6.45) is -0.578. The number of hydrogen-bond donors (Lipinski definition) is 1. The van der Waals surface area contributed by atoms with E-state index in [9.17, 15) is 9.59 Å². The molecule has 0 fully saturated rings. The first-order valence-electron chi connectivity index (χ1n) is 8.36. The van der Waals surface area contributed by atoms with E-state index in [4.69, 9.17) is 9.47 Å². The Morgan fingerprint density at radius 2 is 1.58 bits per heavy atom. The van der Waals surface area contributed by atoms with Gasteiger partial charge in [-0.05, 0) is 11.1 Å². The number of nitrogens with zero attached hydrogens (tertiary/aromatic N) is 1. The lowest BCUT2D eigenvalue weighted by molar-refractivity contribution is -0.127. The van der Waals surface area contributed by atoms with Crippen LogP contribution in [-0.4, -0.2) is 43.7 Å². The summed E-state index contributed by atoms with van der Waals surface area (Å²) in [7, 11) is 3.01. The summed E-state index contributed by atoms with van der Waals surface area (Å²) in [6, 6.07) is 18.2. The maximum atomic E-state index is 12.5. The van der Waals surface area contributed by atoms with E-state index in [1.54, 1.807) is 0 Å². The molecule has 0 spiro atoms. The van der Waals surface area contributed by atoms with Gasteiger partial charge in [0.2, 0.25) is 5.91 Å². The van der Waals surface area contributed by atoms with Crippen LogP contribution in [0.5, 0.6) is 0 Å². The van der Waals surface area contributed by atoms with E-state index >= 15 is 0 Å². The van der Waals surface area contributed by atoms with Gasteiger partial charge in [-0.15, -0.1) is 0 Å². The molecule has 0 saturated heterocycles. The van der Waals surface area contributed by atoms with E-state index in [-0.39, 0.29) is 19.1 Å². The average molecular weight is 356 g/mol. The molecule has 2 aromatic carbocycles. The van der Waals surface area contributed by atoms with Crippen molar-refractivity contribution in [3.05, 3.63) is 71.8 Å². The molecule has 0 aliphatic heterocycles. The van der Waals surface area contributed by atoms with E-state index in [1.807, 2.05) is 60.7 Å². The number of hydrogen-bond acceptors (Lipinski definition) is 4. The summed E-state index contributed by atoms with van der Waals surface area (Å²) < 4.78 is 10.4. The van der Waals surface area contributed by atoms with Crippen molar-refractivity contribution in [2.75, 3.05) is 20.8 Å². The number of rotatable bonds is 8. The number of nitrogens with one attached hydrogen (secondary N) is 1. The monoisotopic (exact) mass is 356 g/mol. The van der Waals surface area contributed by atoms with Crippen LogP contribution in [0.25, 0.3) is 0 Å². The summed E-state index contributed by atoms with van der Waals surface area (Å²) in [5.41, 5.74) is 1.86. The third kappa shape index (κ3) is 5.89.